The number of piperidine rings is 1. The Morgan fingerprint density at radius 2 is 1.96 bits per heavy atom. The predicted molar refractivity (Wildman–Crippen MR) is 75.9 cm³/mol. The highest BCUT2D eigenvalue weighted by Gasteiger charge is 2.46. The molecule has 2 fully saturated rings. The Morgan fingerprint density at radius 1 is 1.22 bits per heavy atom. The number of anilines is 1. The zero-order chi connectivity index (χ0) is 16.7. The number of carbonyl (C=O) groups excluding carboxylic acids is 1. The number of carbonyl (C=O) groups is 1. The van der Waals surface area contributed by atoms with E-state index in [1.54, 1.807) is 0 Å². The topological polar surface area (TPSA) is 136 Å². The Kier molecular flexibility index (Phi) is 3.60. The van der Waals surface area contributed by atoms with Crippen molar-refractivity contribution in [2.24, 2.45) is 11.8 Å². The van der Waals surface area contributed by atoms with Gasteiger partial charge in [0.05, 0.1) is 34.5 Å². The molecule has 23 heavy (non-hydrogen) atoms. The maximum atomic E-state index is 11.7. The van der Waals surface area contributed by atoms with E-state index < -0.39 is 39.2 Å². The number of fused-ring (bicyclic) bond motifs is 1. The minimum absolute atomic E-state index is 0.0937. The van der Waals surface area contributed by atoms with Gasteiger partial charge in [0.25, 0.3) is 11.4 Å². The predicted octanol–water partition coefficient (Wildman–Crippen LogP) is 0.473. The molecule has 3 rings (SSSR count). The molecule has 1 aromatic rings. The first kappa shape index (κ1) is 15.2. The van der Waals surface area contributed by atoms with Crippen LogP contribution in [-0.2, 0) is 9.53 Å². The molecule has 10 nitrogen and oxygen atoms in total. The molecule has 0 radical (unpaired) electrons. The molecule has 2 heterocycles. The van der Waals surface area contributed by atoms with E-state index in [0.29, 0.717) is 0 Å². The summed E-state index contributed by atoms with van der Waals surface area (Å²) in [7, 11) is 0. The minimum atomic E-state index is -0.866. The van der Waals surface area contributed by atoms with Gasteiger partial charge in [-0.05, 0) is 6.07 Å². The first-order chi connectivity index (χ1) is 10.9. The van der Waals surface area contributed by atoms with Crippen LogP contribution in [0.15, 0.2) is 18.2 Å². The Balaban J connectivity index is 1.96. The zero-order valence-electron chi connectivity index (χ0n) is 11.8. The average molecular weight is 323 g/mol. The van der Waals surface area contributed by atoms with Crippen LogP contribution in [0.5, 0.6) is 0 Å². The second-order valence-electron chi connectivity index (χ2n) is 5.56. The van der Waals surface area contributed by atoms with Gasteiger partial charge >= 0.3 is 5.97 Å². The molecular weight excluding hydrogens is 310 g/mol. The van der Waals surface area contributed by atoms with Crippen LogP contribution >= 0.6 is 0 Å². The lowest BCUT2D eigenvalue weighted by molar-refractivity contribution is -0.393. The molecule has 0 spiro atoms. The van der Waals surface area contributed by atoms with Crippen LogP contribution in [0.2, 0.25) is 0 Å². The van der Waals surface area contributed by atoms with Crippen molar-refractivity contribution < 1.29 is 24.5 Å². The van der Waals surface area contributed by atoms with Gasteiger partial charge in [-0.3, -0.25) is 25.0 Å². The van der Waals surface area contributed by atoms with Gasteiger partial charge in [-0.15, -0.1) is 0 Å². The number of ether oxygens (including phenoxy) is 1. The Labute approximate surface area is 129 Å². The third-order valence-corrected chi connectivity index (χ3v) is 4.26. The van der Waals surface area contributed by atoms with E-state index in [0.717, 1.165) is 12.1 Å². The van der Waals surface area contributed by atoms with Gasteiger partial charge in [-0.2, -0.15) is 0 Å². The summed E-state index contributed by atoms with van der Waals surface area (Å²) >= 11 is 0. The monoisotopic (exact) mass is 323 g/mol. The number of nitrogens with zero attached hydrogens (tertiary/aromatic N) is 3. The Hall–Kier alpha value is -2.75. The highest BCUT2D eigenvalue weighted by atomic mass is 16.6. The Morgan fingerprint density at radius 3 is 2.61 bits per heavy atom. The van der Waals surface area contributed by atoms with Crippen molar-refractivity contribution in [1.29, 1.82) is 0 Å². The number of hydrogen-bond donors (Lipinski definition) is 1. The molecule has 0 aliphatic carbocycles. The molecule has 1 aromatic carbocycles. The van der Waals surface area contributed by atoms with Crippen LogP contribution in [0.4, 0.5) is 17.1 Å². The number of non-ortho nitro benzene ring substituents is 1. The Bertz CT molecular complexity index is 692. The van der Waals surface area contributed by atoms with Crippen molar-refractivity contribution in [1.82, 2.24) is 0 Å². The second kappa shape index (κ2) is 5.47. The molecule has 122 valence electrons. The number of aliphatic hydroxyl groups excluding tert-OH is 1. The lowest BCUT2D eigenvalue weighted by atomic mass is 9.85. The largest absolute Gasteiger partial charge is 0.465 e. The third-order valence-electron chi connectivity index (χ3n) is 4.26. The summed E-state index contributed by atoms with van der Waals surface area (Å²) in [6, 6.07) is 3.30. The molecule has 0 saturated carbocycles. The van der Waals surface area contributed by atoms with Crippen LogP contribution in [0.3, 0.4) is 0 Å². The van der Waals surface area contributed by atoms with Crippen LogP contribution in [0, 0.1) is 32.1 Å². The SMILES string of the molecule is O=C1OC[C@H]2[C@@H](O)CN(c3ccc([N+](=O)[O-])cc3[N+](=O)[O-])C[C@@H]12. The summed E-state index contributed by atoms with van der Waals surface area (Å²) in [5, 5.41) is 32.1. The quantitative estimate of drug-likeness (QED) is 0.481. The van der Waals surface area contributed by atoms with Gasteiger partial charge in [0.15, 0.2) is 0 Å². The zero-order valence-corrected chi connectivity index (χ0v) is 11.8. The molecule has 2 saturated heterocycles. The van der Waals surface area contributed by atoms with E-state index >= 15 is 0 Å². The summed E-state index contributed by atoms with van der Waals surface area (Å²) in [6.07, 6.45) is -0.866. The number of rotatable bonds is 3. The maximum Gasteiger partial charge on any atom is 0.311 e. The summed E-state index contributed by atoms with van der Waals surface area (Å²) in [6.45, 7) is 0.399. The van der Waals surface area contributed by atoms with E-state index in [1.165, 1.54) is 11.0 Å². The van der Waals surface area contributed by atoms with Crippen LogP contribution in [0.25, 0.3) is 0 Å². The normalized spacial score (nSPS) is 26.6. The number of aliphatic hydroxyl groups is 1. The molecule has 0 amide bonds. The molecular formula is C13H13N3O7. The van der Waals surface area contributed by atoms with Crippen molar-refractivity contribution in [3.8, 4) is 0 Å². The van der Waals surface area contributed by atoms with Gasteiger partial charge in [-0.1, -0.05) is 0 Å². The number of β-amino-alcohol motifs (C(OH)–C–C–N with tert-alkyl or cyclic N) is 1. The third kappa shape index (κ3) is 2.57. The van der Waals surface area contributed by atoms with E-state index in [9.17, 15) is 30.1 Å². The number of hydrogen-bond acceptors (Lipinski definition) is 8. The van der Waals surface area contributed by atoms with Gasteiger partial charge in [0.1, 0.15) is 5.69 Å². The van der Waals surface area contributed by atoms with Gasteiger partial charge in [0, 0.05) is 25.1 Å². The molecule has 0 aromatic heterocycles. The van der Waals surface area contributed by atoms with Crippen LogP contribution in [-0.4, -0.2) is 46.7 Å². The first-order valence-electron chi connectivity index (χ1n) is 6.91. The van der Waals surface area contributed by atoms with Crippen molar-refractivity contribution in [2.75, 3.05) is 24.6 Å². The van der Waals surface area contributed by atoms with Crippen molar-refractivity contribution >= 4 is 23.0 Å². The number of esters is 1. The van der Waals surface area contributed by atoms with Crippen LogP contribution < -0.4 is 4.90 Å². The lowest BCUT2D eigenvalue weighted by Crippen LogP contribution is -2.50. The van der Waals surface area contributed by atoms with Crippen molar-refractivity contribution in [3.05, 3.63) is 38.4 Å². The highest BCUT2D eigenvalue weighted by Crippen LogP contribution is 2.38. The van der Waals surface area contributed by atoms with Crippen LogP contribution in [0.1, 0.15) is 0 Å². The number of benzene rings is 1. The van der Waals surface area contributed by atoms with Gasteiger partial charge in [0.2, 0.25) is 0 Å². The summed E-state index contributed by atoms with van der Waals surface area (Å²) in [5.41, 5.74) is -0.690. The number of nitro benzene ring substituents is 2. The molecule has 2 aliphatic rings. The van der Waals surface area contributed by atoms with E-state index in [2.05, 4.69) is 0 Å². The highest BCUT2D eigenvalue weighted by molar-refractivity contribution is 5.77. The number of nitro groups is 2. The average Bonchev–Trinajstić information content (AvgIpc) is 2.88. The fourth-order valence-corrected chi connectivity index (χ4v) is 3.07. The molecule has 0 unspecified atom stereocenters. The smallest absolute Gasteiger partial charge is 0.311 e. The van der Waals surface area contributed by atoms with E-state index in [4.69, 9.17) is 4.74 Å². The fraction of sp³-hybridized carbons (Fsp3) is 0.462. The van der Waals surface area contributed by atoms with Crippen molar-refractivity contribution in [2.45, 2.75) is 6.10 Å². The molecule has 1 N–H and O–H groups in total. The lowest BCUT2D eigenvalue weighted by Gasteiger charge is -2.37. The van der Waals surface area contributed by atoms with Crippen molar-refractivity contribution in [3.63, 3.8) is 0 Å². The number of cyclic esters (lactones) is 1. The maximum absolute atomic E-state index is 11.7. The molecule has 10 heteroatoms. The first-order valence-corrected chi connectivity index (χ1v) is 6.91. The minimum Gasteiger partial charge on any atom is -0.465 e. The molecule has 3 atom stereocenters. The standard InChI is InChI=1S/C13H13N3O7/c17-12-5-14(4-8-9(12)6-23-13(8)18)10-2-1-7(15(19)20)3-11(10)16(21)22/h1-3,8-9,12,17H,4-6H2/t8-,9-,12+/m1/s1. The summed E-state index contributed by atoms with van der Waals surface area (Å²) in [4.78, 5) is 33.8. The van der Waals surface area contributed by atoms with Gasteiger partial charge < -0.3 is 14.7 Å². The fourth-order valence-electron chi connectivity index (χ4n) is 3.07. The van der Waals surface area contributed by atoms with E-state index in [-0.39, 0.29) is 31.3 Å². The van der Waals surface area contributed by atoms with E-state index in [1.807, 2.05) is 0 Å². The summed E-state index contributed by atoms with van der Waals surface area (Å²) in [5.74, 6) is -1.33. The molecule has 0 bridgehead atoms. The molecule has 2 aliphatic heterocycles. The van der Waals surface area contributed by atoms with Gasteiger partial charge in [-0.25, -0.2) is 0 Å². The summed E-state index contributed by atoms with van der Waals surface area (Å²) < 4.78 is 4.93. The second-order valence-corrected chi connectivity index (χ2v) is 5.56.